The fourth-order valence-electron chi connectivity index (χ4n) is 2.90. The van der Waals surface area contributed by atoms with Gasteiger partial charge in [0, 0.05) is 5.92 Å². The first-order valence-corrected chi connectivity index (χ1v) is 6.93. The first kappa shape index (κ1) is 12.2. The van der Waals surface area contributed by atoms with Gasteiger partial charge in [0.25, 0.3) is 0 Å². The van der Waals surface area contributed by atoms with Crippen LogP contribution in [0, 0.1) is 24.7 Å². The SMILES string of the molecule is Cc1cc(Cl)nc(Cl)c1NC(=O)C1CC2CC2C1. The number of hydrogen-bond acceptors (Lipinski definition) is 2. The molecule has 0 bridgehead atoms. The molecular formula is C13H14Cl2N2O. The van der Waals surface area contributed by atoms with Crippen LogP contribution in [0.2, 0.25) is 10.3 Å². The van der Waals surface area contributed by atoms with E-state index in [0.717, 1.165) is 30.2 Å². The molecule has 18 heavy (non-hydrogen) atoms. The van der Waals surface area contributed by atoms with Gasteiger partial charge in [0.15, 0.2) is 5.15 Å². The molecule has 2 fully saturated rings. The number of aromatic nitrogens is 1. The van der Waals surface area contributed by atoms with Gasteiger partial charge in [0.1, 0.15) is 5.15 Å². The molecule has 1 N–H and O–H groups in total. The molecule has 0 aliphatic heterocycles. The van der Waals surface area contributed by atoms with Gasteiger partial charge in [-0.3, -0.25) is 4.79 Å². The summed E-state index contributed by atoms with van der Waals surface area (Å²) in [6.45, 7) is 1.86. The Kier molecular flexibility index (Phi) is 2.99. The monoisotopic (exact) mass is 284 g/mol. The Labute approximate surface area is 116 Å². The number of carbonyl (C=O) groups is 1. The van der Waals surface area contributed by atoms with Crippen molar-refractivity contribution < 1.29 is 4.79 Å². The van der Waals surface area contributed by atoms with Crippen molar-refractivity contribution in [2.75, 3.05) is 5.32 Å². The predicted molar refractivity (Wildman–Crippen MR) is 71.9 cm³/mol. The third kappa shape index (κ3) is 2.21. The van der Waals surface area contributed by atoms with Crippen molar-refractivity contribution in [2.45, 2.75) is 26.2 Å². The zero-order valence-corrected chi connectivity index (χ0v) is 11.6. The number of halogens is 2. The van der Waals surface area contributed by atoms with Crippen LogP contribution in [0.1, 0.15) is 24.8 Å². The van der Waals surface area contributed by atoms with Gasteiger partial charge in [0.2, 0.25) is 5.91 Å². The van der Waals surface area contributed by atoms with E-state index in [1.54, 1.807) is 6.07 Å². The number of amides is 1. The Balaban J connectivity index is 1.74. The number of anilines is 1. The van der Waals surface area contributed by atoms with E-state index >= 15 is 0 Å². The number of nitrogens with one attached hydrogen (secondary N) is 1. The van der Waals surface area contributed by atoms with E-state index in [0.29, 0.717) is 10.8 Å². The number of carbonyl (C=O) groups excluding carboxylic acids is 1. The molecule has 0 aromatic carbocycles. The fraction of sp³-hybridized carbons (Fsp3) is 0.538. The van der Waals surface area contributed by atoms with Crippen LogP contribution in [0.15, 0.2) is 6.07 Å². The first-order chi connectivity index (χ1) is 8.54. The predicted octanol–water partition coefficient (Wildman–Crippen LogP) is 3.68. The maximum atomic E-state index is 12.1. The molecule has 2 saturated carbocycles. The van der Waals surface area contributed by atoms with E-state index in [9.17, 15) is 4.79 Å². The van der Waals surface area contributed by atoms with E-state index in [1.165, 1.54) is 6.42 Å². The molecule has 1 aromatic heterocycles. The summed E-state index contributed by atoms with van der Waals surface area (Å²) in [5, 5.41) is 3.50. The van der Waals surface area contributed by atoms with Crippen molar-refractivity contribution in [1.82, 2.24) is 4.98 Å². The van der Waals surface area contributed by atoms with Crippen molar-refractivity contribution in [3.8, 4) is 0 Å². The van der Waals surface area contributed by atoms with Crippen molar-refractivity contribution >= 4 is 34.8 Å². The number of fused-ring (bicyclic) bond motifs is 1. The van der Waals surface area contributed by atoms with E-state index in [2.05, 4.69) is 10.3 Å². The maximum absolute atomic E-state index is 12.1. The van der Waals surface area contributed by atoms with Crippen LogP contribution in [0.3, 0.4) is 0 Å². The summed E-state index contributed by atoms with van der Waals surface area (Å²) in [6.07, 6.45) is 3.36. The van der Waals surface area contributed by atoms with Crippen LogP contribution in [-0.4, -0.2) is 10.9 Å². The second-order valence-corrected chi connectivity index (χ2v) is 6.09. The minimum Gasteiger partial charge on any atom is -0.323 e. The Hall–Kier alpha value is -0.800. The summed E-state index contributed by atoms with van der Waals surface area (Å²) in [4.78, 5) is 16.1. The molecule has 96 valence electrons. The van der Waals surface area contributed by atoms with E-state index in [4.69, 9.17) is 23.2 Å². The number of hydrogen-bond donors (Lipinski definition) is 1. The lowest BCUT2D eigenvalue weighted by molar-refractivity contribution is -0.120. The smallest absolute Gasteiger partial charge is 0.227 e. The van der Waals surface area contributed by atoms with E-state index < -0.39 is 0 Å². The average Bonchev–Trinajstić information content (AvgIpc) is 2.90. The quantitative estimate of drug-likeness (QED) is 0.842. The molecule has 0 spiro atoms. The van der Waals surface area contributed by atoms with Gasteiger partial charge in [-0.1, -0.05) is 23.2 Å². The normalized spacial score (nSPS) is 28.9. The van der Waals surface area contributed by atoms with Crippen molar-refractivity contribution in [3.05, 3.63) is 21.9 Å². The van der Waals surface area contributed by atoms with Crippen LogP contribution in [0.4, 0.5) is 5.69 Å². The van der Waals surface area contributed by atoms with Gasteiger partial charge in [-0.15, -0.1) is 0 Å². The minimum atomic E-state index is 0.0660. The van der Waals surface area contributed by atoms with Gasteiger partial charge >= 0.3 is 0 Å². The van der Waals surface area contributed by atoms with Crippen molar-refractivity contribution in [2.24, 2.45) is 17.8 Å². The van der Waals surface area contributed by atoms with Crippen LogP contribution < -0.4 is 5.32 Å². The van der Waals surface area contributed by atoms with Crippen molar-refractivity contribution in [1.29, 1.82) is 0 Å². The molecule has 1 amide bonds. The van der Waals surface area contributed by atoms with E-state index in [1.807, 2.05) is 6.92 Å². The van der Waals surface area contributed by atoms with Gasteiger partial charge in [-0.25, -0.2) is 4.98 Å². The van der Waals surface area contributed by atoms with Crippen molar-refractivity contribution in [3.63, 3.8) is 0 Å². The molecule has 2 unspecified atom stereocenters. The summed E-state index contributed by atoms with van der Waals surface area (Å²) in [6, 6.07) is 1.70. The van der Waals surface area contributed by atoms with Crippen LogP contribution in [0.25, 0.3) is 0 Å². The Bertz CT molecular complexity index is 485. The van der Waals surface area contributed by atoms with Crippen LogP contribution in [0.5, 0.6) is 0 Å². The number of nitrogens with zero attached hydrogens (tertiary/aromatic N) is 1. The molecule has 0 radical (unpaired) electrons. The Morgan fingerprint density at radius 2 is 2.00 bits per heavy atom. The number of pyridine rings is 1. The van der Waals surface area contributed by atoms with Gasteiger partial charge in [-0.05, 0) is 49.7 Å². The highest BCUT2D eigenvalue weighted by Crippen LogP contribution is 2.54. The third-order valence-corrected chi connectivity index (χ3v) is 4.47. The van der Waals surface area contributed by atoms with Gasteiger partial charge < -0.3 is 5.32 Å². The largest absolute Gasteiger partial charge is 0.323 e. The Morgan fingerprint density at radius 3 is 2.61 bits per heavy atom. The Morgan fingerprint density at radius 1 is 1.33 bits per heavy atom. The lowest BCUT2D eigenvalue weighted by atomic mass is 10.0. The average molecular weight is 285 g/mol. The van der Waals surface area contributed by atoms with Crippen LogP contribution in [-0.2, 0) is 4.79 Å². The summed E-state index contributed by atoms with van der Waals surface area (Å²) in [7, 11) is 0. The summed E-state index contributed by atoms with van der Waals surface area (Å²) < 4.78 is 0. The third-order valence-electron chi connectivity index (χ3n) is 4.00. The minimum absolute atomic E-state index is 0.0660. The topological polar surface area (TPSA) is 42.0 Å². The second kappa shape index (κ2) is 4.39. The fourth-order valence-corrected chi connectivity index (χ4v) is 3.48. The molecule has 5 heteroatoms. The molecule has 2 atom stereocenters. The molecule has 2 aliphatic rings. The molecule has 0 saturated heterocycles. The first-order valence-electron chi connectivity index (χ1n) is 6.18. The molecule has 2 aliphatic carbocycles. The highest BCUT2D eigenvalue weighted by molar-refractivity contribution is 6.34. The number of rotatable bonds is 2. The molecular weight excluding hydrogens is 271 g/mol. The molecule has 3 nitrogen and oxygen atoms in total. The lowest BCUT2D eigenvalue weighted by Crippen LogP contribution is -2.22. The lowest BCUT2D eigenvalue weighted by Gasteiger charge is -2.14. The van der Waals surface area contributed by atoms with Gasteiger partial charge in [0.05, 0.1) is 5.69 Å². The van der Waals surface area contributed by atoms with Gasteiger partial charge in [-0.2, -0.15) is 0 Å². The molecule has 1 aromatic rings. The summed E-state index contributed by atoms with van der Waals surface area (Å²) in [5.74, 6) is 1.79. The zero-order chi connectivity index (χ0) is 12.9. The second-order valence-electron chi connectivity index (χ2n) is 5.34. The zero-order valence-electron chi connectivity index (χ0n) is 10.0. The highest BCUT2D eigenvalue weighted by Gasteiger charge is 2.48. The van der Waals surface area contributed by atoms with E-state index in [-0.39, 0.29) is 17.0 Å². The highest BCUT2D eigenvalue weighted by atomic mass is 35.5. The standard InChI is InChI=1S/C13H14Cl2N2O/c1-6-2-10(14)16-12(15)11(6)17-13(18)9-4-7-3-8(7)5-9/h2,7-9H,3-5H2,1H3,(H,17,18). The summed E-state index contributed by atoms with van der Waals surface area (Å²) in [5.41, 5.74) is 1.43. The number of aryl methyl sites for hydroxylation is 1. The van der Waals surface area contributed by atoms with Crippen LogP contribution >= 0.6 is 23.2 Å². The summed E-state index contributed by atoms with van der Waals surface area (Å²) >= 11 is 11.8. The molecule has 1 heterocycles. The molecule has 3 rings (SSSR count). The maximum Gasteiger partial charge on any atom is 0.227 e.